The molecule has 0 saturated carbocycles. The third kappa shape index (κ3) is 5.82. The Hall–Kier alpha value is -2.82. The number of nitrogens with one attached hydrogen (secondary N) is 2. The second kappa shape index (κ2) is 8.58. The quantitative estimate of drug-likeness (QED) is 0.806. The van der Waals surface area contributed by atoms with Gasteiger partial charge >= 0.3 is 12.0 Å². The van der Waals surface area contributed by atoms with E-state index in [1.165, 1.54) is 7.11 Å². The zero-order valence-corrected chi connectivity index (χ0v) is 13.0. The Balaban J connectivity index is 1.98. The maximum Gasteiger partial charge on any atom is 0.319 e. The lowest BCUT2D eigenvalue weighted by Crippen LogP contribution is -2.40. The van der Waals surface area contributed by atoms with E-state index in [0.29, 0.717) is 12.1 Å². The number of rotatable bonds is 6. The first-order chi connectivity index (χ1) is 11.2. The number of benzene rings is 2. The molecule has 0 aliphatic rings. The fourth-order valence-electron chi connectivity index (χ4n) is 2.23. The number of methoxy groups -OCH3 is 1. The molecule has 0 fully saturated rings. The summed E-state index contributed by atoms with van der Waals surface area (Å²) in [4.78, 5) is 23.7. The molecule has 2 aromatic rings. The molecule has 5 nitrogen and oxygen atoms in total. The largest absolute Gasteiger partial charge is 0.469 e. The van der Waals surface area contributed by atoms with Gasteiger partial charge in [0, 0.05) is 11.7 Å². The maximum atomic E-state index is 12.1. The van der Waals surface area contributed by atoms with Gasteiger partial charge in [0.25, 0.3) is 0 Å². The highest BCUT2D eigenvalue weighted by Gasteiger charge is 2.17. The first-order valence-corrected chi connectivity index (χ1v) is 7.40. The Labute approximate surface area is 135 Å². The standard InChI is InChI=1S/C18H20N2O3/c1-23-17(21)13-16(12-14-8-4-2-5-9-14)20-18(22)19-15-10-6-3-7-11-15/h2-11,16H,12-13H2,1H3,(H2,19,20,22). The van der Waals surface area contributed by atoms with Gasteiger partial charge in [0.1, 0.15) is 0 Å². The molecule has 2 amide bonds. The van der Waals surface area contributed by atoms with E-state index in [-0.39, 0.29) is 24.5 Å². The molecule has 0 saturated heterocycles. The fourth-order valence-corrected chi connectivity index (χ4v) is 2.23. The molecular weight excluding hydrogens is 292 g/mol. The summed E-state index contributed by atoms with van der Waals surface area (Å²) in [6.07, 6.45) is 0.672. The predicted molar refractivity (Wildman–Crippen MR) is 89.2 cm³/mol. The molecule has 0 radical (unpaired) electrons. The number of carbonyl (C=O) groups is 2. The van der Waals surface area contributed by atoms with Crippen molar-refractivity contribution in [2.24, 2.45) is 0 Å². The highest BCUT2D eigenvalue weighted by Crippen LogP contribution is 2.08. The molecule has 0 heterocycles. The Kier molecular flexibility index (Phi) is 6.17. The van der Waals surface area contributed by atoms with Gasteiger partial charge in [0.05, 0.1) is 13.5 Å². The number of anilines is 1. The lowest BCUT2D eigenvalue weighted by Gasteiger charge is -2.18. The van der Waals surface area contributed by atoms with Gasteiger partial charge in [0.15, 0.2) is 0 Å². The summed E-state index contributed by atoms with van der Waals surface area (Å²) in [5, 5.41) is 5.58. The number of amides is 2. The molecule has 2 N–H and O–H groups in total. The summed E-state index contributed by atoms with van der Waals surface area (Å²) in [5.41, 5.74) is 1.74. The molecule has 2 rings (SSSR count). The normalized spacial score (nSPS) is 11.3. The lowest BCUT2D eigenvalue weighted by molar-refractivity contribution is -0.141. The van der Waals surface area contributed by atoms with Crippen molar-refractivity contribution in [3.05, 3.63) is 66.2 Å². The number of hydrogen-bond donors (Lipinski definition) is 2. The van der Waals surface area contributed by atoms with E-state index in [1.54, 1.807) is 12.1 Å². The number of para-hydroxylation sites is 1. The van der Waals surface area contributed by atoms with E-state index >= 15 is 0 Å². The predicted octanol–water partition coefficient (Wildman–Crippen LogP) is 2.98. The van der Waals surface area contributed by atoms with Crippen molar-refractivity contribution in [2.45, 2.75) is 18.9 Å². The van der Waals surface area contributed by atoms with Crippen LogP contribution in [0, 0.1) is 0 Å². The minimum Gasteiger partial charge on any atom is -0.469 e. The molecule has 0 spiro atoms. The molecule has 5 heteroatoms. The van der Waals surface area contributed by atoms with Gasteiger partial charge < -0.3 is 15.4 Å². The Morgan fingerprint density at radius 3 is 2.22 bits per heavy atom. The summed E-state index contributed by atoms with van der Waals surface area (Å²) in [7, 11) is 1.34. The smallest absolute Gasteiger partial charge is 0.319 e. The van der Waals surface area contributed by atoms with Gasteiger partial charge in [-0.05, 0) is 24.1 Å². The minimum atomic E-state index is -0.356. The van der Waals surface area contributed by atoms with Gasteiger partial charge in [0.2, 0.25) is 0 Å². The van der Waals surface area contributed by atoms with Gasteiger partial charge in [-0.2, -0.15) is 0 Å². The SMILES string of the molecule is COC(=O)CC(Cc1ccccc1)NC(=O)Nc1ccccc1. The van der Waals surface area contributed by atoms with Crippen LogP contribution in [0.4, 0.5) is 10.5 Å². The second-order valence-electron chi connectivity index (χ2n) is 5.13. The van der Waals surface area contributed by atoms with Gasteiger partial charge in [-0.15, -0.1) is 0 Å². The van der Waals surface area contributed by atoms with E-state index in [4.69, 9.17) is 4.74 Å². The van der Waals surface area contributed by atoms with E-state index in [9.17, 15) is 9.59 Å². The Morgan fingerprint density at radius 1 is 1.00 bits per heavy atom. The maximum absolute atomic E-state index is 12.1. The second-order valence-corrected chi connectivity index (χ2v) is 5.13. The van der Waals surface area contributed by atoms with E-state index in [2.05, 4.69) is 10.6 Å². The van der Waals surface area contributed by atoms with Crippen molar-refractivity contribution in [3.63, 3.8) is 0 Å². The van der Waals surface area contributed by atoms with Crippen molar-refractivity contribution < 1.29 is 14.3 Å². The molecule has 1 unspecified atom stereocenters. The average Bonchev–Trinajstić information content (AvgIpc) is 2.56. The molecule has 0 bridgehead atoms. The number of esters is 1. The highest BCUT2D eigenvalue weighted by molar-refractivity contribution is 5.89. The molecule has 0 aliphatic heterocycles. The van der Waals surface area contributed by atoms with Crippen molar-refractivity contribution in [1.29, 1.82) is 0 Å². The van der Waals surface area contributed by atoms with Crippen molar-refractivity contribution in [1.82, 2.24) is 5.32 Å². The summed E-state index contributed by atoms with van der Waals surface area (Å²) in [5.74, 6) is -0.356. The van der Waals surface area contributed by atoms with Crippen LogP contribution in [0.2, 0.25) is 0 Å². The third-order valence-corrected chi connectivity index (χ3v) is 3.33. The zero-order chi connectivity index (χ0) is 16.5. The number of hydrogen-bond acceptors (Lipinski definition) is 3. The van der Waals surface area contributed by atoms with E-state index in [1.807, 2.05) is 48.5 Å². The third-order valence-electron chi connectivity index (χ3n) is 3.33. The summed E-state index contributed by atoms with van der Waals surface area (Å²) in [6.45, 7) is 0. The van der Waals surface area contributed by atoms with E-state index in [0.717, 1.165) is 5.56 Å². The zero-order valence-electron chi connectivity index (χ0n) is 13.0. The van der Waals surface area contributed by atoms with Crippen LogP contribution in [0.15, 0.2) is 60.7 Å². The highest BCUT2D eigenvalue weighted by atomic mass is 16.5. The molecule has 1 atom stereocenters. The summed E-state index contributed by atoms with van der Waals surface area (Å²) >= 11 is 0. The number of ether oxygens (including phenoxy) is 1. The molecule has 23 heavy (non-hydrogen) atoms. The molecule has 0 aliphatic carbocycles. The summed E-state index contributed by atoms with van der Waals surface area (Å²) < 4.78 is 4.71. The van der Waals surface area contributed by atoms with Gasteiger partial charge in [-0.1, -0.05) is 48.5 Å². The molecular formula is C18H20N2O3. The first-order valence-electron chi connectivity index (χ1n) is 7.40. The van der Waals surface area contributed by atoms with Crippen LogP contribution >= 0.6 is 0 Å². The van der Waals surface area contributed by atoms with Crippen LogP contribution in [-0.4, -0.2) is 25.2 Å². The topological polar surface area (TPSA) is 67.4 Å². The van der Waals surface area contributed by atoms with Crippen molar-refractivity contribution in [3.8, 4) is 0 Å². The van der Waals surface area contributed by atoms with Gasteiger partial charge in [-0.3, -0.25) is 4.79 Å². The van der Waals surface area contributed by atoms with Crippen LogP contribution in [0.1, 0.15) is 12.0 Å². The Morgan fingerprint density at radius 2 is 1.61 bits per heavy atom. The first kappa shape index (κ1) is 16.5. The Bertz CT molecular complexity index is 629. The molecule has 0 aromatic heterocycles. The van der Waals surface area contributed by atoms with Gasteiger partial charge in [-0.25, -0.2) is 4.79 Å². The van der Waals surface area contributed by atoms with Crippen LogP contribution in [0.25, 0.3) is 0 Å². The molecule has 120 valence electrons. The van der Waals surface area contributed by atoms with E-state index < -0.39 is 0 Å². The van der Waals surface area contributed by atoms with Crippen LogP contribution in [0.5, 0.6) is 0 Å². The molecule has 2 aromatic carbocycles. The lowest BCUT2D eigenvalue weighted by atomic mass is 10.0. The fraction of sp³-hybridized carbons (Fsp3) is 0.222. The van der Waals surface area contributed by atoms with Crippen LogP contribution in [-0.2, 0) is 16.0 Å². The number of carbonyl (C=O) groups excluding carboxylic acids is 2. The monoisotopic (exact) mass is 312 g/mol. The van der Waals surface area contributed by atoms with Crippen molar-refractivity contribution >= 4 is 17.7 Å². The van der Waals surface area contributed by atoms with Crippen molar-refractivity contribution in [2.75, 3.05) is 12.4 Å². The average molecular weight is 312 g/mol. The van der Waals surface area contributed by atoms with Crippen LogP contribution in [0.3, 0.4) is 0 Å². The van der Waals surface area contributed by atoms with Crippen LogP contribution < -0.4 is 10.6 Å². The minimum absolute atomic E-state index is 0.119. The summed E-state index contributed by atoms with van der Waals surface area (Å²) in [6, 6.07) is 18.2. The number of urea groups is 1.